The lowest BCUT2D eigenvalue weighted by molar-refractivity contribution is -0.167. The maximum atomic E-state index is 12.7. The van der Waals surface area contributed by atoms with Crippen LogP contribution in [0.5, 0.6) is 0 Å². The van der Waals surface area contributed by atoms with Crippen LogP contribution in [-0.4, -0.2) is 37.2 Å². The summed E-state index contributed by atoms with van der Waals surface area (Å²) in [6.07, 6.45) is 47.2. The first-order valence-corrected chi connectivity index (χ1v) is 22.5. The largest absolute Gasteiger partial charge is 0.462 e. The minimum Gasteiger partial charge on any atom is -0.462 e. The highest BCUT2D eigenvalue weighted by molar-refractivity contribution is 5.71. The Morgan fingerprint density at radius 2 is 0.679 bits per heavy atom. The first-order chi connectivity index (χ1) is 26.0. The SMILES string of the molecule is CCCCC/C=C\C/C=C\CCCCCCCC(=O)OCC(COC(=O)CCCCCCC)OC(=O)CCCCCCC/C=C\CCCCCCCC. The van der Waals surface area contributed by atoms with Crippen molar-refractivity contribution in [2.24, 2.45) is 0 Å². The molecule has 0 aromatic carbocycles. The van der Waals surface area contributed by atoms with Gasteiger partial charge in [-0.15, -0.1) is 0 Å². The summed E-state index contributed by atoms with van der Waals surface area (Å²) in [5.41, 5.74) is 0. The van der Waals surface area contributed by atoms with Gasteiger partial charge in [0, 0.05) is 19.3 Å². The fraction of sp³-hybridized carbons (Fsp3) is 0.809. The fourth-order valence-corrected chi connectivity index (χ4v) is 6.17. The van der Waals surface area contributed by atoms with Gasteiger partial charge in [0.1, 0.15) is 13.2 Å². The lowest BCUT2D eigenvalue weighted by atomic mass is 10.1. The van der Waals surface area contributed by atoms with E-state index in [4.69, 9.17) is 14.2 Å². The summed E-state index contributed by atoms with van der Waals surface area (Å²) in [4.78, 5) is 37.5. The van der Waals surface area contributed by atoms with E-state index in [1.165, 1.54) is 89.9 Å². The second-order valence-corrected chi connectivity index (χ2v) is 15.0. The van der Waals surface area contributed by atoms with Crippen molar-refractivity contribution < 1.29 is 28.6 Å². The van der Waals surface area contributed by atoms with Gasteiger partial charge in [-0.25, -0.2) is 0 Å². The van der Waals surface area contributed by atoms with Crippen LogP contribution in [0.3, 0.4) is 0 Å². The number of carbonyl (C=O) groups excluding carboxylic acids is 3. The van der Waals surface area contributed by atoms with Gasteiger partial charge >= 0.3 is 17.9 Å². The topological polar surface area (TPSA) is 78.9 Å². The van der Waals surface area contributed by atoms with E-state index in [0.717, 1.165) is 96.3 Å². The average Bonchev–Trinajstić information content (AvgIpc) is 3.15. The van der Waals surface area contributed by atoms with Gasteiger partial charge < -0.3 is 14.2 Å². The van der Waals surface area contributed by atoms with Crippen LogP contribution in [0.2, 0.25) is 0 Å². The van der Waals surface area contributed by atoms with E-state index in [0.29, 0.717) is 19.3 Å². The van der Waals surface area contributed by atoms with Crippen molar-refractivity contribution in [3.8, 4) is 0 Å². The number of carbonyl (C=O) groups is 3. The van der Waals surface area contributed by atoms with Gasteiger partial charge in [-0.2, -0.15) is 0 Å². The number of hydrogen-bond donors (Lipinski definition) is 0. The van der Waals surface area contributed by atoms with E-state index in [2.05, 4.69) is 57.2 Å². The van der Waals surface area contributed by atoms with Crippen LogP contribution in [-0.2, 0) is 28.6 Å². The Bertz CT molecular complexity index is 907. The van der Waals surface area contributed by atoms with Crippen molar-refractivity contribution >= 4 is 17.9 Å². The minimum atomic E-state index is -0.775. The zero-order valence-corrected chi connectivity index (χ0v) is 35.0. The number of unbranched alkanes of at least 4 members (excludes halogenated alkanes) is 23. The number of hydrogen-bond acceptors (Lipinski definition) is 6. The maximum Gasteiger partial charge on any atom is 0.306 e. The number of allylic oxidation sites excluding steroid dienone is 6. The quantitative estimate of drug-likeness (QED) is 0.0269. The molecule has 53 heavy (non-hydrogen) atoms. The number of esters is 3. The van der Waals surface area contributed by atoms with Gasteiger partial charge in [-0.05, 0) is 77.0 Å². The predicted octanol–water partition coefficient (Wildman–Crippen LogP) is 14.2. The molecule has 0 saturated carbocycles. The van der Waals surface area contributed by atoms with E-state index in [9.17, 15) is 14.4 Å². The zero-order valence-electron chi connectivity index (χ0n) is 35.0. The summed E-state index contributed by atoms with van der Waals surface area (Å²) in [6.45, 7) is 6.50. The number of ether oxygens (including phenoxy) is 3. The molecular weight excluding hydrogens is 661 g/mol. The Labute approximate surface area is 327 Å². The van der Waals surface area contributed by atoms with Crippen molar-refractivity contribution in [3.05, 3.63) is 36.5 Å². The monoisotopic (exact) mass is 745 g/mol. The molecular formula is C47H84O6. The second-order valence-electron chi connectivity index (χ2n) is 15.0. The average molecular weight is 745 g/mol. The third kappa shape index (κ3) is 40.6. The molecule has 0 aliphatic rings. The van der Waals surface area contributed by atoms with E-state index in [-0.39, 0.29) is 31.1 Å². The van der Waals surface area contributed by atoms with Gasteiger partial charge in [-0.1, -0.05) is 166 Å². The van der Waals surface area contributed by atoms with Crippen LogP contribution in [0, 0.1) is 0 Å². The van der Waals surface area contributed by atoms with Crippen LogP contribution < -0.4 is 0 Å². The highest BCUT2D eigenvalue weighted by Gasteiger charge is 2.19. The van der Waals surface area contributed by atoms with E-state index in [1.807, 2.05) is 0 Å². The molecule has 0 N–H and O–H groups in total. The summed E-state index contributed by atoms with van der Waals surface area (Å²) in [5, 5.41) is 0. The summed E-state index contributed by atoms with van der Waals surface area (Å²) in [5.74, 6) is -0.916. The molecule has 6 heteroatoms. The summed E-state index contributed by atoms with van der Waals surface area (Å²) >= 11 is 0. The van der Waals surface area contributed by atoms with Gasteiger partial charge in [0.2, 0.25) is 0 Å². The first-order valence-electron chi connectivity index (χ1n) is 22.5. The molecule has 0 amide bonds. The van der Waals surface area contributed by atoms with Crippen LogP contribution in [0.25, 0.3) is 0 Å². The predicted molar refractivity (Wildman–Crippen MR) is 224 cm³/mol. The van der Waals surface area contributed by atoms with Crippen molar-refractivity contribution in [2.75, 3.05) is 13.2 Å². The van der Waals surface area contributed by atoms with E-state index >= 15 is 0 Å². The molecule has 0 aliphatic heterocycles. The van der Waals surface area contributed by atoms with E-state index in [1.54, 1.807) is 0 Å². The maximum absolute atomic E-state index is 12.7. The lowest BCUT2D eigenvalue weighted by Crippen LogP contribution is -2.30. The Balaban J connectivity index is 4.26. The summed E-state index contributed by atoms with van der Waals surface area (Å²) in [7, 11) is 0. The fourth-order valence-electron chi connectivity index (χ4n) is 6.17. The first kappa shape index (κ1) is 50.6. The van der Waals surface area contributed by atoms with Crippen molar-refractivity contribution in [3.63, 3.8) is 0 Å². The lowest BCUT2D eigenvalue weighted by Gasteiger charge is -2.18. The minimum absolute atomic E-state index is 0.0805. The molecule has 0 radical (unpaired) electrons. The normalized spacial score (nSPS) is 12.3. The van der Waals surface area contributed by atoms with Gasteiger partial charge in [0.05, 0.1) is 0 Å². The Kier molecular flexibility index (Phi) is 40.5. The number of rotatable bonds is 40. The molecule has 0 heterocycles. The van der Waals surface area contributed by atoms with E-state index < -0.39 is 6.10 Å². The molecule has 0 aliphatic carbocycles. The Morgan fingerprint density at radius 1 is 0.377 bits per heavy atom. The van der Waals surface area contributed by atoms with Crippen LogP contribution >= 0.6 is 0 Å². The smallest absolute Gasteiger partial charge is 0.306 e. The third-order valence-corrected chi connectivity index (χ3v) is 9.62. The Morgan fingerprint density at radius 3 is 1.09 bits per heavy atom. The molecule has 0 rings (SSSR count). The van der Waals surface area contributed by atoms with Gasteiger partial charge in [0.15, 0.2) is 6.10 Å². The molecule has 0 saturated heterocycles. The van der Waals surface area contributed by atoms with Crippen molar-refractivity contribution in [2.45, 2.75) is 232 Å². The summed E-state index contributed by atoms with van der Waals surface area (Å²) in [6, 6.07) is 0. The molecule has 1 unspecified atom stereocenters. The molecule has 0 fully saturated rings. The van der Waals surface area contributed by atoms with Crippen LogP contribution in [0.1, 0.15) is 226 Å². The van der Waals surface area contributed by atoms with Crippen molar-refractivity contribution in [1.29, 1.82) is 0 Å². The van der Waals surface area contributed by atoms with Gasteiger partial charge in [-0.3, -0.25) is 14.4 Å². The summed E-state index contributed by atoms with van der Waals surface area (Å²) < 4.78 is 16.6. The standard InChI is InChI=1S/C47H84O6/c1-4-7-10-13-15-17-19-21-23-25-27-29-31-34-37-40-46(49)52-43-44(42-51-45(48)39-36-33-12-9-6-3)53-47(50)41-38-35-32-30-28-26-24-22-20-18-16-14-11-8-5-2/h15,17,21-24,44H,4-14,16,18-20,25-43H2,1-3H3/b17-15-,23-21-,24-22-. The highest BCUT2D eigenvalue weighted by atomic mass is 16.6. The molecule has 308 valence electrons. The Hall–Kier alpha value is -2.37. The molecule has 0 aromatic heterocycles. The molecule has 1 atom stereocenters. The highest BCUT2D eigenvalue weighted by Crippen LogP contribution is 2.13. The molecule has 0 aromatic rings. The van der Waals surface area contributed by atoms with Crippen LogP contribution in [0.4, 0.5) is 0 Å². The second kappa shape index (κ2) is 42.4. The van der Waals surface area contributed by atoms with Crippen molar-refractivity contribution in [1.82, 2.24) is 0 Å². The molecule has 6 nitrogen and oxygen atoms in total. The molecule has 0 bridgehead atoms. The zero-order chi connectivity index (χ0) is 38.7. The molecule has 0 spiro atoms. The van der Waals surface area contributed by atoms with Crippen LogP contribution in [0.15, 0.2) is 36.5 Å². The third-order valence-electron chi connectivity index (χ3n) is 9.62. The van der Waals surface area contributed by atoms with Gasteiger partial charge in [0.25, 0.3) is 0 Å².